The van der Waals surface area contributed by atoms with E-state index in [0.717, 1.165) is 25.1 Å². The molecule has 0 heterocycles. The number of rotatable bonds is 5. The maximum atomic E-state index is 12.6. The molecule has 1 aromatic rings. The average Bonchev–Trinajstić information content (AvgIpc) is 2.48. The zero-order chi connectivity index (χ0) is 15.5. The molecule has 1 fully saturated rings. The quantitative estimate of drug-likeness (QED) is 0.873. The van der Waals surface area contributed by atoms with Crippen LogP contribution < -0.4 is 5.32 Å². The van der Waals surface area contributed by atoms with Crippen molar-refractivity contribution in [2.75, 3.05) is 18.9 Å². The molecule has 0 saturated heterocycles. The van der Waals surface area contributed by atoms with Crippen molar-refractivity contribution >= 4 is 15.7 Å². The van der Waals surface area contributed by atoms with Gasteiger partial charge in [0.2, 0.25) is 10.0 Å². The van der Waals surface area contributed by atoms with Crippen LogP contribution >= 0.6 is 0 Å². The molecule has 0 aliphatic heterocycles. The molecule has 0 amide bonds. The number of aliphatic hydroxyl groups excluding tert-OH is 1. The van der Waals surface area contributed by atoms with Gasteiger partial charge in [-0.2, -0.15) is 4.31 Å². The SMILES string of the molecule is CCNc1ccc(S(=O)(=O)N(C)C2CCCCC2O)cc1. The van der Waals surface area contributed by atoms with Crippen LogP contribution in [-0.4, -0.2) is 43.6 Å². The molecule has 21 heavy (non-hydrogen) atoms. The summed E-state index contributed by atoms with van der Waals surface area (Å²) in [7, 11) is -2.00. The van der Waals surface area contributed by atoms with Gasteiger partial charge in [-0.1, -0.05) is 12.8 Å². The Kier molecular flexibility index (Phi) is 5.24. The number of nitrogens with zero attached hydrogens (tertiary/aromatic N) is 1. The van der Waals surface area contributed by atoms with E-state index >= 15 is 0 Å². The van der Waals surface area contributed by atoms with Crippen LogP contribution in [0.5, 0.6) is 0 Å². The van der Waals surface area contributed by atoms with Gasteiger partial charge in [-0.3, -0.25) is 0 Å². The van der Waals surface area contributed by atoms with Crippen molar-refractivity contribution < 1.29 is 13.5 Å². The minimum atomic E-state index is -3.56. The van der Waals surface area contributed by atoms with E-state index in [4.69, 9.17) is 0 Å². The molecule has 1 aliphatic rings. The van der Waals surface area contributed by atoms with E-state index in [0.29, 0.717) is 12.8 Å². The van der Waals surface area contributed by atoms with Crippen LogP contribution in [0.4, 0.5) is 5.69 Å². The number of aliphatic hydroxyl groups is 1. The van der Waals surface area contributed by atoms with E-state index in [2.05, 4.69) is 5.32 Å². The van der Waals surface area contributed by atoms with Gasteiger partial charge in [0.1, 0.15) is 0 Å². The van der Waals surface area contributed by atoms with Crippen molar-refractivity contribution in [2.24, 2.45) is 0 Å². The lowest BCUT2D eigenvalue weighted by molar-refractivity contribution is 0.0638. The molecular weight excluding hydrogens is 288 g/mol. The number of sulfonamides is 1. The summed E-state index contributed by atoms with van der Waals surface area (Å²) in [5, 5.41) is 13.2. The van der Waals surface area contributed by atoms with E-state index < -0.39 is 16.1 Å². The van der Waals surface area contributed by atoms with Gasteiger partial charge in [0.25, 0.3) is 0 Å². The molecule has 6 heteroatoms. The normalized spacial score (nSPS) is 23.2. The molecule has 5 nitrogen and oxygen atoms in total. The summed E-state index contributed by atoms with van der Waals surface area (Å²) in [6.07, 6.45) is 2.74. The minimum Gasteiger partial charge on any atom is -0.391 e. The zero-order valence-corrected chi connectivity index (χ0v) is 13.4. The third kappa shape index (κ3) is 3.56. The average molecular weight is 312 g/mol. The van der Waals surface area contributed by atoms with Crippen molar-refractivity contribution in [1.29, 1.82) is 0 Å². The molecule has 0 aromatic heterocycles. The van der Waals surface area contributed by atoms with E-state index in [1.807, 2.05) is 6.92 Å². The van der Waals surface area contributed by atoms with Crippen molar-refractivity contribution in [3.63, 3.8) is 0 Å². The number of nitrogens with one attached hydrogen (secondary N) is 1. The highest BCUT2D eigenvalue weighted by atomic mass is 32.2. The van der Waals surface area contributed by atoms with Crippen molar-refractivity contribution in [1.82, 2.24) is 4.31 Å². The summed E-state index contributed by atoms with van der Waals surface area (Å²) in [5.74, 6) is 0. The lowest BCUT2D eigenvalue weighted by Gasteiger charge is -2.34. The molecular formula is C15H24N2O3S. The van der Waals surface area contributed by atoms with Gasteiger partial charge >= 0.3 is 0 Å². The van der Waals surface area contributed by atoms with E-state index in [1.165, 1.54) is 4.31 Å². The third-order valence-electron chi connectivity index (χ3n) is 4.07. The molecule has 2 N–H and O–H groups in total. The molecule has 1 aliphatic carbocycles. The van der Waals surface area contributed by atoms with Gasteiger partial charge < -0.3 is 10.4 Å². The fourth-order valence-electron chi connectivity index (χ4n) is 2.81. The van der Waals surface area contributed by atoms with Gasteiger partial charge in [0.05, 0.1) is 17.0 Å². The van der Waals surface area contributed by atoms with Crippen LogP contribution in [0.1, 0.15) is 32.6 Å². The van der Waals surface area contributed by atoms with Crippen LogP contribution in [0.25, 0.3) is 0 Å². The topological polar surface area (TPSA) is 69.6 Å². The van der Waals surface area contributed by atoms with E-state index in [1.54, 1.807) is 31.3 Å². The van der Waals surface area contributed by atoms with Crippen molar-refractivity contribution in [3.8, 4) is 0 Å². The molecule has 118 valence electrons. The number of benzene rings is 1. The maximum absolute atomic E-state index is 12.6. The molecule has 1 aromatic carbocycles. The fraction of sp³-hybridized carbons (Fsp3) is 0.600. The smallest absolute Gasteiger partial charge is 0.243 e. The first-order valence-corrected chi connectivity index (χ1v) is 8.91. The number of hydrogen-bond donors (Lipinski definition) is 2. The maximum Gasteiger partial charge on any atom is 0.243 e. The van der Waals surface area contributed by atoms with Crippen LogP contribution in [0.2, 0.25) is 0 Å². The molecule has 1 saturated carbocycles. The standard InChI is InChI=1S/C15H24N2O3S/c1-3-16-12-8-10-13(11-9-12)21(19,20)17(2)14-6-4-5-7-15(14)18/h8-11,14-16,18H,3-7H2,1-2H3. The second kappa shape index (κ2) is 6.77. The predicted octanol–water partition coefficient (Wildman–Crippen LogP) is 2.04. The monoisotopic (exact) mass is 312 g/mol. The highest BCUT2D eigenvalue weighted by molar-refractivity contribution is 7.89. The van der Waals surface area contributed by atoms with Crippen LogP contribution in [0.3, 0.4) is 0 Å². The molecule has 2 atom stereocenters. The van der Waals surface area contributed by atoms with Crippen LogP contribution in [0, 0.1) is 0 Å². The Morgan fingerprint density at radius 2 is 1.86 bits per heavy atom. The molecule has 0 bridgehead atoms. The number of hydrogen-bond acceptors (Lipinski definition) is 4. The molecule has 2 rings (SSSR count). The van der Waals surface area contributed by atoms with Crippen molar-refractivity contribution in [3.05, 3.63) is 24.3 Å². The highest BCUT2D eigenvalue weighted by Crippen LogP contribution is 2.27. The Labute approximate surface area is 127 Å². The predicted molar refractivity (Wildman–Crippen MR) is 83.8 cm³/mol. The largest absolute Gasteiger partial charge is 0.391 e. The second-order valence-corrected chi connectivity index (χ2v) is 7.49. The Balaban J connectivity index is 2.19. The summed E-state index contributed by atoms with van der Waals surface area (Å²) >= 11 is 0. The molecule has 0 radical (unpaired) electrons. The van der Waals surface area contributed by atoms with E-state index in [9.17, 15) is 13.5 Å². The Morgan fingerprint density at radius 1 is 1.24 bits per heavy atom. The summed E-state index contributed by atoms with van der Waals surface area (Å²) in [6, 6.07) is 6.43. The summed E-state index contributed by atoms with van der Waals surface area (Å²) in [6.45, 7) is 2.78. The number of likely N-dealkylation sites (N-methyl/N-ethyl adjacent to an activating group) is 1. The zero-order valence-electron chi connectivity index (χ0n) is 12.6. The van der Waals surface area contributed by atoms with E-state index in [-0.39, 0.29) is 10.9 Å². The Bertz CT molecular complexity index is 557. The molecule has 0 spiro atoms. The third-order valence-corrected chi connectivity index (χ3v) is 5.97. The summed E-state index contributed by atoms with van der Waals surface area (Å²) in [4.78, 5) is 0.268. The molecule has 2 unspecified atom stereocenters. The number of anilines is 1. The van der Waals surface area contributed by atoms with Crippen LogP contribution in [-0.2, 0) is 10.0 Å². The first-order chi connectivity index (χ1) is 9.96. The lowest BCUT2D eigenvalue weighted by atomic mass is 9.93. The van der Waals surface area contributed by atoms with Crippen LogP contribution in [0.15, 0.2) is 29.2 Å². The second-order valence-electron chi connectivity index (χ2n) is 5.50. The Morgan fingerprint density at radius 3 is 2.43 bits per heavy atom. The first-order valence-electron chi connectivity index (χ1n) is 7.47. The van der Waals surface area contributed by atoms with Gasteiger partial charge in [-0.15, -0.1) is 0 Å². The van der Waals surface area contributed by atoms with Crippen molar-refractivity contribution in [2.45, 2.75) is 49.6 Å². The summed E-state index contributed by atoms with van der Waals surface area (Å²) < 4.78 is 26.6. The van der Waals surface area contributed by atoms with Gasteiger partial charge in [0, 0.05) is 19.3 Å². The summed E-state index contributed by atoms with van der Waals surface area (Å²) in [5.41, 5.74) is 0.900. The Hall–Kier alpha value is -1.11. The van der Waals surface area contributed by atoms with Gasteiger partial charge in [-0.25, -0.2) is 8.42 Å². The lowest BCUT2D eigenvalue weighted by Crippen LogP contribution is -2.46. The fourth-order valence-corrected chi connectivity index (χ4v) is 4.22. The van der Waals surface area contributed by atoms with Gasteiger partial charge in [0.15, 0.2) is 0 Å². The minimum absolute atomic E-state index is 0.268. The highest BCUT2D eigenvalue weighted by Gasteiger charge is 2.34. The first kappa shape index (κ1) is 16.3. The van der Waals surface area contributed by atoms with Gasteiger partial charge in [-0.05, 0) is 44.0 Å².